The van der Waals surface area contributed by atoms with Crippen molar-refractivity contribution in [2.45, 2.75) is 23.5 Å². The highest BCUT2D eigenvalue weighted by molar-refractivity contribution is 8.00. The molecule has 1 aliphatic rings. The van der Waals surface area contributed by atoms with Gasteiger partial charge in [0.2, 0.25) is 0 Å². The molecule has 0 radical (unpaired) electrons. The van der Waals surface area contributed by atoms with Gasteiger partial charge in [0.15, 0.2) is 0 Å². The van der Waals surface area contributed by atoms with Crippen molar-refractivity contribution in [2.24, 2.45) is 0 Å². The fraction of sp³-hybridized carbons (Fsp3) is 0.278. The highest BCUT2D eigenvalue weighted by atomic mass is 32.2. The maximum atomic E-state index is 13.6. The Bertz CT molecular complexity index is 735. The van der Waals surface area contributed by atoms with Gasteiger partial charge in [-0.1, -0.05) is 19.1 Å². The van der Waals surface area contributed by atoms with Crippen molar-refractivity contribution in [3.63, 3.8) is 0 Å². The first kappa shape index (κ1) is 15.9. The molecule has 1 heterocycles. The third-order valence-electron chi connectivity index (χ3n) is 3.88. The van der Waals surface area contributed by atoms with E-state index >= 15 is 0 Å². The van der Waals surface area contributed by atoms with Crippen LogP contribution in [0.3, 0.4) is 0 Å². The van der Waals surface area contributed by atoms with Crippen molar-refractivity contribution >= 4 is 23.4 Å². The Morgan fingerprint density at radius 2 is 2.09 bits per heavy atom. The number of hydrogen-bond donors (Lipinski definition) is 0. The van der Waals surface area contributed by atoms with Crippen molar-refractivity contribution in [1.29, 1.82) is 0 Å². The molecule has 0 fully saturated rings. The lowest BCUT2D eigenvalue weighted by Gasteiger charge is -2.23. The normalized spacial score (nSPS) is 17.3. The fourth-order valence-electron chi connectivity index (χ4n) is 2.69. The smallest absolute Gasteiger partial charge is 0.262 e. The molecule has 3 rings (SSSR count). The number of anilines is 1. The number of halogens is 1. The van der Waals surface area contributed by atoms with Crippen LogP contribution in [-0.2, 0) is 0 Å². The number of rotatable bonds is 2. The van der Waals surface area contributed by atoms with Gasteiger partial charge in [-0.3, -0.25) is 4.79 Å². The molecule has 3 nitrogen and oxygen atoms in total. The molecule has 0 aliphatic carbocycles. The maximum absolute atomic E-state index is 13.6. The van der Waals surface area contributed by atoms with Gasteiger partial charge in [0.05, 0.1) is 18.4 Å². The zero-order valence-corrected chi connectivity index (χ0v) is 13.9. The quantitative estimate of drug-likeness (QED) is 0.818. The Morgan fingerprint density at radius 1 is 1.30 bits per heavy atom. The number of hydrogen-bond acceptors (Lipinski definition) is 3. The molecule has 1 amide bonds. The number of nitrogens with zero attached hydrogens (tertiary/aromatic N) is 1. The summed E-state index contributed by atoms with van der Waals surface area (Å²) in [6.07, 6.45) is 0.878. The topological polar surface area (TPSA) is 29.5 Å². The van der Waals surface area contributed by atoms with Crippen LogP contribution in [0.4, 0.5) is 10.1 Å². The van der Waals surface area contributed by atoms with Crippen molar-refractivity contribution in [3.05, 3.63) is 53.8 Å². The Balaban J connectivity index is 2.04. The lowest BCUT2D eigenvalue weighted by atomic mass is 10.1. The fourth-order valence-corrected chi connectivity index (χ4v) is 3.80. The Hall–Kier alpha value is -2.01. The van der Waals surface area contributed by atoms with E-state index in [1.165, 1.54) is 25.3 Å². The molecule has 0 saturated heterocycles. The monoisotopic (exact) mass is 331 g/mol. The summed E-state index contributed by atoms with van der Waals surface area (Å²) in [7, 11) is 1.48. The van der Waals surface area contributed by atoms with E-state index in [2.05, 4.69) is 6.92 Å². The Morgan fingerprint density at radius 3 is 2.87 bits per heavy atom. The average molecular weight is 331 g/mol. The van der Waals surface area contributed by atoms with Crippen LogP contribution in [0.15, 0.2) is 47.4 Å². The molecule has 5 heteroatoms. The second kappa shape index (κ2) is 6.62. The number of amides is 1. The van der Waals surface area contributed by atoms with E-state index in [0.717, 1.165) is 17.0 Å². The lowest BCUT2D eigenvalue weighted by Crippen LogP contribution is -2.32. The predicted molar refractivity (Wildman–Crippen MR) is 91.0 cm³/mol. The van der Waals surface area contributed by atoms with E-state index in [1.54, 1.807) is 16.7 Å². The molecule has 1 unspecified atom stereocenters. The van der Waals surface area contributed by atoms with E-state index in [9.17, 15) is 9.18 Å². The van der Waals surface area contributed by atoms with Crippen LogP contribution in [0.1, 0.15) is 23.7 Å². The van der Waals surface area contributed by atoms with E-state index in [1.807, 2.05) is 24.3 Å². The third-order valence-corrected chi connectivity index (χ3v) is 5.12. The molecule has 23 heavy (non-hydrogen) atoms. The molecule has 1 atom stereocenters. The first-order chi connectivity index (χ1) is 11.1. The Kier molecular flexibility index (Phi) is 4.57. The van der Waals surface area contributed by atoms with Gasteiger partial charge in [-0.15, -0.1) is 11.8 Å². The van der Waals surface area contributed by atoms with Crippen LogP contribution in [-0.4, -0.2) is 24.8 Å². The summed E-state index contributed by atoms with van der Waals surface area (Å²) in [5, 5.41) is 0.420. The summed E-state index contributed by atoms with van der Waals surface area (Å²) >= 11 is 1.76. The number of benzene rings is 2. The molecule has 120 valence electrons. The second-order valence-corrected chi connectivity index (χ2v) is 6.97. The Labute approximate surface area is 139 Å². The van der Waals surface area contributed by atoms with Crippen LogP contribution < -0.4 is 9.64 Å². The maximum Gasteiger partial charge on any atom is 0.262 e. The van der Waals surface area contributed by atoms with Gasteiger partial charge < -0.3 is 9.64 Å². The van der Waals surface area contributed by atoms with Gasteiger partial charge in [0, 0.05) is 16.7 Å². The molecular weight excluding hydrogens is 313 g/mol. The standard InChI is InChI=1S/C18H18FNO2S/c1-12-9-10-20(15-5-3-4-6-17(15)23-12)18(21)14-11-13(19)7-8-16(14)22-2/h3-8,11-12H,9-10H2,1-2H3. The number of ether oxygens (including phenoxy) is 1. The minimum absolute atomic E-state index is 0.233. The van der Waals surface area contributed by atoms with Crippen LogP contribution in [0.25, 0.3) is 0 Å². The molecule has 0 bridgehead atoms. The molecule has 0 saturated carbocycles. The van der Waals surface area contributed by atoms with Gasteiger partial charge in [-0.25, -0.2) is 4.39 Å². The summed E-state index contributed by atoms with van der Waals surface area (Å²) in [6.45, 7) is 2.75. The molecule has 0 spiro atoms. The van der Waals surface area contributed by atoms with Gasteiger partial charge in [-0.2, -0.15) is 0 Å². The number of carbonyl (C=O) groups excluding carboxylic acids is 1. The number of thioether (sulfide) groups is 1. The van der Waals surface area contributed by atoms with Crippen molar-refractivity contribution in [1.82, 2.24) is 0 Å². The van der Waals surface area contributed by atoms with Crippen LogP contribution >= 0.6 is 11.8 Å². The van der Waals surface area contributed by atoms with E-state index in [-0.39, 0.29) is 11.5 Å². The van der Waals surface area contributed by atoms with E-state index in [0.29, 0.717) is 17.5 Å². The number of fused-ring (bicyclic) bond motifs is 1. The van der Waals surface area contributed by atoms with Crippen LogP contribution in [0, 0.1) is 5.82 Å². The summed E-state index contributed by atoms with van der Waals surface area (Å²) in [5.74, 6) is -0.290. The molecule has 0 N–H and O–H groups in total. The molecule has 2 aromatic rings. The number of methoxy groups -OCH3 is 1. The number of para-hydroxylation sites is 1. The van der Waals surface area contributed by atoms with Crippen molar-refractivity contribution < 1.29 is 13.9 Å². The average Bonchev–Trinajstić information content (AvgIpc) is 2.72. The van der Waals surface area contributed by atoms with Crippen molar-refractivity contribution in [3.8, 4) is 5.75 Å². The largest absolute Gasteiger partial charge is 0.496 e. The minimum atomic E-state index is -0.444. The first-order valence-corrected chi connectivity index (χ1v) is 8.39. The first-order valence-electron chi connectivity index (χ1n) is 7.51. The summed E-state index contributed by atoms with van der Waals surface area (Å²) in [4.78, 5) is 15.8. The van der Waals surface area contributed by atoms with Crippen LogP contribution in [0.2, 0.25) is 0 Å². The van der Waals surface area contributed by atoms with E-state index in [4.69, 9.17) is 4.74 Å². The highest BCUT2D eigenvalue weighted by Crippen LogP contribution is 2.38. The third kappa shape index (κ3) is 3.20. The molecular formula is C18H18FNO2S. The zero-order valence-electron chi connectivity index (χ0n) is 13.1. The lowest BCUT2D eigenvalue weighted by molar-refractivity contribution is 0.0983. The predicted octanol–water partition coefficient (Wildman–Crippen LogP) is 4.37. The van der Waals surface area contributed by atoms with Gasteiger partial charge >= 0.3 is 0 Å². The minimum Gasteiger partial charge on any atom is -0.496 e. The molecule has 1 aliphatic heterocycles. The highest BCUT2D eigenvalue weighted by Gasteiger charge is 2.27. The van der Waals surface area contributed by atoms with Gasteiger partial charge in [-0.05, 0) is 36.8 Å². The van der Waals surface area contributed by atoms with Gasteiger partial charge in [0.1, 0.15) is 11.6 Å². The number of carbonyl (C=O) groups is 1. The second-order valence-electron chi connectivity index (χ2n) is 5.49. The van der Waals surface area contributed by atoms with Crippen LogP contribution in [0.5, 0.6) is 5.75 Å². The summed E-state index contributed by atoms with van der Waals surface area (Å²) < 4.78 is 18.9. The summed E-state index contributed by atoms with van der Waals surface area (Å²) in [6, 6.07) is 11.9. The molecule has 0 aromatic heterocycles. The van der Waals surface area contributed by atoms with Gasteiger partial charge in [0.25, 0.3) is 5.91 Å². The zero-order chi connectivity index (χ0) is 16.4. The SMILES string of the molecule is COc1ccc(F)cc1C(=O)N1CCC(C)Sc2ccccc21. The summed E-state index contributed by atoms with van der Waals surface area (Å²) in [5.41, 5.74) is 1.13. The van der Waals surface area contributed by atoms with E-state index < -0.39 is 5.82 Å². The van der Waals surface area contributed by atoms with Crippen molar-refractivity contribution in [2.75, 3.05) is 18.6 Å². The molecule has 2 aromatic carbocycles.